The van der Waals surface area contributed by atoms with E-state index in [-0.39, 0.29) is 11.3 Å². The highest BCUT2D eigenvalue weighted by Crippen LogP contribution is 2.23. The van der Waals surface area contributed by atoms with Gasteiger partial charge in [-0.1, -0.05) is 12.1 Å². The molecule has 2 N–H and O–H groups in total. The average Bonchev–Trinajstić information content (AvgIpc) is 2.97. The van der Waals surface area contributed by atoms with Crippen LogP contribution in [0.25, 0.3) is 0 Å². The zero-order valence-electron chi connectivity index (χ0n) is 11.6. The summed E-state index contributed by atoms with van der Waals surface area (Å²) in [5, 5.41) is 8.62. The Morgan fingerprint density at radius 3 is 2.62 bits per heavy atom. The minimum atomic E-state index is -3.47. The van der Waals surface area contributed by atoms with Crippen molar-refractivity contribution < 1.29 is 18.3 Å². The Bertz CT molecular complexity index is 577. The molecule has 1 aliphatic heterocycles. The molecule has 0 aliphatic carbocycles. The summed E-state index contributed by atoms with van der Waals surface area (Å²) in [4.78, 5) is 10.7. The van der Waals surface area contributed by atoms with Crippen LogP contribution in [0.15, 0.2) is 29.2 Å². The largest absolute Gasteiger partial charge is 0.481 e. The maximum Gasteiger partial charge on any atom is 0.303 e. The van der Waals surface area contributed by atoms with Crippen molar-refractivity contribution in [3.8, 4) is 0 Å². The number of carbonyl (C=O) groups is 1. The first-order valence-corrected chi connectivity index (χ1v) is 9.49. The number of hydrogen-bond donors (Lipinski definition) is 2. The maximum atomic E-state index is 12.2. The topological polar surface area (TPSA) is 83.5 Å². The molecular weight excluding hydrogens is 310 g/mol. The summed E-state index contributed by atoms with van der Waals surface area (Å²) in [6, 6.07) is 6.40. The molecular formula is C14H19NO4S2. The van der Waals surface area contributed by atoms with Gasteiger partial charge in [-0.2, -0.15) is 11.8 Å². The normalized spacial score (nSPS) is 18.8. The summed E-state index contributed by atoms with van der Waals surface area (Å²) in [6.45, 7) is 0.482. The van der Waals surface area contributed by atoms with Crippen molar-refractivity contribution in [3.63, 3.8) is 0 Å². The second-order valence-electron chi connectivity index (χ2n) is 5.12. The SMILES string of the molecule is O=C(O)CCc1ccc(S(=O)(=O)NCC2CCSC2)cc1. The minimum Gasteiger partial charge on any atom is -0.481 e. The molecule has 0 aromatic heterocycles. The van der Waals surface area contributed by atoms with Crippen molar-refractivity contribution in [2.24, 2.45) is 5.92 Å². The minimum absolute atomic E-state index is 0.0453. The van der Waals surface area contributed by atoms with Gasteiger partial charge in [-0.3, -0.25) is 4.79 Å². The monoisotopic (exact) mass is 329 g/mol. The first-order chi connectivity index (χ1) is 9.97. The van der Waals surface area contributed by atoms with Crippen LogP contribution in [0.1, 0.15) is 18.4 Å². The second-order valence-corrected chi connectivity index (χ2v) is 8.04. The van der Waals surface area contributed by atoms with Crippen LogP contribution >= 0.6 is 11.8 Å². The Hall–Kier alpha value is -1.05. The number of carboxylic acids is 1. The van der Waals surface area contributed by atoms with Gasteiger partial charge in [0.05, 0.1) is 4.90 Å². The van der Waals surface area contributed by atoms with Crippen LogP contribution in [-0.4, -0.2) is 37.5 Å². The standard InChI is InChI=1S/C14H19NO4S2/c16-14(17)6-3-11-1-4-13(5-2-11)21(18,19)15-9-12-7-8-20-10-12/h1-2,4-5,12,15H,3,6-10H2,(H,16,17). The molecule has 116 valence electrons. The molecule has 7 heteroatoms. The number of rotatable bonds is 7. The van der Waals surface area contributed by atoms with Crippen molar-refractivity contribution in [2.45, 2.75) is 24.2 Å². The van der Waals surface area contributed by atoms with Gasteiger partial charge in [0.1, 0.15) is 0 Å². The van der Waals surface area contributed by atoms with E-state index in [9.17, 15) is 13.2 Å². The van der Waals surface area contributed by atoms with E-state index in [0.29, 0.717) is 18.9 Å². The van der Waals surface area contributed by atoms with Crippen LogP contribution < -0.4 is 4.72 Å². The lowest BCUT2D eigenvalue weighted by Gasteiger charge is -2.11. The Balaban J connectivity index is 1.94. The zero-order valence-corrected chi connectivity index (χ0v) is 13.3. The smallest absolute Gasteiger partial charge is 0.303 e. The fraction of sp³-hybridized carbons (Fsp3) is 0.500. The number of aliphatic carboxylic acids is 1. The van der Waals surface area contributed by atoms with E-state index < -0.39 is 16.0 Å². The Morgan fingerprint density at radius 2 is 2.05 bits per heavy atom. The molecule has 1 unspecified atom stereocenters. The van der Waals surface area contributed by atoms with Crippen LogP contribution in [0, 0.1) is 5.92 Å². The molecule has 1 saturated heterocycles. The van der Waals surface area contributed by atoms with Crippen molar-refractivity contribution in [2.75, 3.05) is 18.1 Å². The number of thioether (sulfide) groups is 1. The molecule has 1 atom stereocenters. The summed E-state index contributed by atoms with van der Waals surface area (Å²) < 4.78 is 27.0. The van der Waals surface area contributed by atoms with Crippen molar-refractivity contribution in [1.29, 1.82) is 0 Å². The van der Waals surface area contributed by atoms with Gasteiger partial charge in [0.25, 0.3) is 0 Å². The highest BCUT2D eigenvalue weighted by atomic mass is 32.2. The van der Waals surface area contributed by atoms with Crippen LogP contribution in [-0.2, 0) is 21.2 Å². The fourth-order valence-corrected chi connectivity index (χ4v) is 4.54. The first kappa shape index (κ1) is 16.3. The van der Waals surface area contributed by atoms with Gasteiger partial charge in [0.2, 0.25) is 10.0 Å². The van der Waals surface area contributed by atoms with Gasteiger partial charge in [-0.25, -0.2) is 13.1 Å². The molecule has 1 fully saturated rings. The van der Waals surface area contributed by atoms with E-state index in [0.717, 1.165) is 23.5 Å². The molecule has 5 nitrogen and oxygen atoms in total. The third kappa shape index (κ3) is 5.01. The van der Waals surface area contributed by atoms with E-state index in [1.807, 2.05) is 11.8 Å². The lowest BCUT2D eigenvalue weighted by Crippen LogP contribution is -2.29. The van der Waals surface area contributed by atoms with Crippen LogP contribution in [0.4, 0.5) is 0 Å². The van der Waals surface area contributed by atoms with E-state index in [1.54, 1.807) is 12.1 Å². The number of carboxylic acid groups (broad SMARTS) is 1. The predicted molar refractivity (Wildman–Crippen MR) is 83.0 cm³/mol. The van der Waals surface area contributed by atoms with Crippen molar-refractivity contribution in [1.82, 2.24) is 4.72 Å². The quantitative estimate of drug-likeness (QED) is 0.796. The molecule has 21 heavy (non-hydrogen) atoms. The summed E-state index contributed by atoms with van der Waals surface area (Å²) in [6.07, 6.45) is 1.51. The number of sulfonamides is 1. The van der Waals surface area contributed by atoms with Crippen molar-refractivity contribution >= 4 is 27.8 Å². The zero-order chi connectivity index (χ0) is 15.3. The van der Waals surface area contributed by atoms with E-state index >= 15 is 0 Å². The van der Waals surface area contributed by atoms with Crippen molar-refractivity contribution in [3.05, 3.63) is 29.8 Å². The molecule has 0 bridgehead atoms. The van der Waals surface area contributed by atoms with Gasteiger partial charge < -0.3 is 5.11 Å². The Morgan fingerprint density at radius 1 is 1.33 bits per heavy atom. The maximum absolute atomic E-state index is 12.2. The van der Waals surface area contributed by atoms with Gasteiger partial charge in [-0.15, -0.1) is 0 Å². The molecule has 1 aliphatic rings. The van der Waals surface area contributed by atoms with Gasteiger partial charge in [-0.05, 0) is 48.0 Å². The molecule has 1 aromatic carbocycles. The molecule has 0 amide bonds. The van der Waals surface area contributed by atoms with Gasteiger partial charge in [0, 0.05) is 13.0 Å². The summed E-state index contributed by atoms with van der Waals surface area (Å²) in [5.74, 6) is 1.67. The third-order valence-electron chi connectivity index (χ3n) is 3.45. The average molecular weight is 329 g/mol. The molecule has 0 radical (unpaired) electrons. The van der Waals surface area contributed by atoms with Crippen LogP contribution in [0.2, 0.25) is 0 Å². The summed E-state index contributed by atoms with van der Waals surface area (Å²) >= 11 is 1.86. The molecule has 2 rings (SSSR count). The van der Waals surface area contributed by atoms with Gasteiger partial charge >= 0.3 is 5.97 Å². The van der Waals surface area contributed by atoms with E-state index in [2.05, 4.69) is 4.72 Å². The van der Waals surface area contributed by atoms with Gasteiger partial charge in [0.15, 0.2) is 0 Å². The second kappa shape index (κ2) is 7.29. The third-order valence-corrected chi connectivity index (χ3v) is 6.12. The van der Waals surface area contributed by atoms with E-state index in [1.165, 1.54) is 12.1 Å². The lowest BCUT2D eigenvalue weighted by atomic mass is 10.1. The van der Waals surface area contributed by atoms with Crippen LogP contribution in [0.3, 0.4) is 0 Å². The molecule has 1 aromatic rings. The molecule has 1 heterocycles. The molecule has 0 saturated carbocycles. The Labute approximate surface area is 129 Å². The highest BCUT2D eigenvalue weighted by molar-refractivity contribution is 7.99. The highest BCUT2D eigenvalue weighted by Gasteiger charge is 2.19. The number of aryl methyl sites for hydroxylation is 1. The van der Waals surface area contributed by atoms with Crippen LogP contribution in [0.5, 0.6) is 0 Å². The Kier molecular flexibility index (Phi) is 5.66. The summed E-state index contributed by atoms with van der Waals surface area (Å²) in [7, 11) is -3.47. The fourth-order valence-electron chi connectivity index (χ4n) is 2.14. The predicted octanol–water partition coefficient (Wildman–Crippen LogP) is 1.74. The number of benzene rings is 1. The first-order valence-electron chi connectivity index (χ1n) is 6.85. The number of nitrogens with one attached hydrogen (secondary N) is 1. The molecule has 0 spiro atoms. The lowest BCUT2D eigenvalue weighted by molar-refractivity contribution is -0.136. The van der Waals surface area contributed by atoms with E-state index in [4.69, 9.17) is 5.11 Å². The number of hydrogen-bond acceptors (Lipinski definition) is 4. The summed E-state index contributed by atoms with van der Waals surface area (Å²) in [5.41, 5.74) is 0.823.